The highest BCUT2D eigenvalue weighted by Crippen LogP contribution is 2.26. The zero-order valence-corrected chi connectivity index (χ0v) is 14.4. The number of carbonyl (C=O) groups is 1. The van der Waals surface area contributed by atoms with E-state index >= 15 is 0 Å². The molecule has 1 aliphatic carbocycles. The van der Waals surface area contributed by atoms with Gasteiger partial charge in [0.1, 0.15) is 0 Å². The molecule has 0 spiro atoms. The molecule has 0 bridgehead atoms. The molecular weight excluding hydrogens is 324 g/mol. The lowest BCUT2D eigenvalue weighted by Gasteiger charge is -2.20. The number of hydrogen-bond acceptors (Lipinski definition) is 3. The molecule has 0 radical (unpaired) electrons. The fourth-order valence-electron chi connectivity index (χ4n) is 3.20. The number of nitrogens with zero attached hydrogens (tertiary/aromatic N) is 2. The van der Waals surface area contributed by atoms with E-state index in [1.165, 1.54) is 24.1 Å². The number of aromatic amines is 1. The number of aromatic nitrogens is 2. The lowest BCUT2D eigenvalue weighted by Crippen LogP contribution is -2.40. The number of rotatable bonds is 4. The van der Waals surface area contributed by atoms with E-state index in [1.807, 2.05) is 23.1 Å². The molecule has 6 heteroatoms. The third-order valence-electron chi connectivity index (χ3n) is 4.74. The molecule has 2 aliphatic rings. The van der Waals surface area contributed by atoms with Gasteiger partial charge in [-0.1, -0.05) is 30.3 Å². The Kier molecular flexibility index (Phi) is 5.21. The molecule has 24 heavy (non-hydrogen) atoms. The van der Waals surface area contributed by atoms with Crippen LogP contribution in [-0.4, -0.2) is 46.7 Å². The Hall–Kier alpha value is -1.85. The second-order valence-electron chi connectivity index (χ2n) is 6.43. The summed E-state index contributed by atoms with van der Waals surface area (Å²) in [6.45, 7) is 2.02. The van der Waals surface area contributed by atoms with Crippen LogP contribution in [0.2, 0.25) is 0 Å². The van der Waals surface area contributed by atoms with E-state index < -0.39 is 0 Å². The van der Waals surface area contributed by atoms with E-state index in [-0.39, 0.29) is 18.3 Å². The average molecular weight is 347 g/mol. The second-order valence-corrected chi connectivity index (χ2v) is 6.43. The minimum Gasteiger partial charge on any atom is -0.341 e. The van der Waals surface area contributed by atoms with E-state index in [2.05, 4.69) is 27.6 Å². The summed E-state index contributed by atoms with van der Waals surface area (Å²) < 4.78 is 0. The van der Waals surface area contributed by atoms with Crippen LogP contribution in [0, 0.1) is 0 Å². The monoisotopic (exact) mass is 346 g/mol. The average Bonchev–Trinajstić information content (AvgIpc) is 3.37. The van der Waals surface area contributed by atoms with E-state index in [1.54, 1.807) is 0 Å². The van der Waals surface area contributed by atoms with E-state index in [0.29, 0.717) is 12.6 Å². The summed E-state index contributed by atoms with van der Waals surface area (Å²) in [6.07, 6.45) is 4.14. The van der Waals surface area contributed by atoms with Crippen molar-refractivity contribution in [2.45, 2.75) is 31.7 Å². The Morgan fingerprint density at radius 2 is 1.96 bits per heavy atom. The molecule has 1 aliphatic heterocycles. The topological polar surface area (TPSA) is 61.0 Å². The fourth-order valence-corrected chi connectivity index (χ4v) is 3.20. The molecular formula is C18H23ClN4O. The van der Waals surface area contributed by atoms with Gasteiger partial charge in [0.05, 0.1) is 12.2 Å². The van der Waals surface area contributed by atoms with Gasteiger partial charge < -0.3 is 10.2 Å². The Morgan fingerprint density at radius 1 is 1.21 bits per heavy atom. The maximum Gasteiger partial charge on any atom is 0.236 e. The molecule has 1 amide bonds. The van der Waals surface area contributed by atoms with Crippen LogP contribution in [0.15, 0.2) is 30.3 Å². The number of nitrogens with one attached hydrogen (secondary N) is 2. The van der Waals surface area contributed by atoms with Crippen LogP contribution in [0.3, 0.4) is 0 Å². The van der Waals surface area contributed by atoms with Crippen molar-refractivity contribution >= 4 is 18.3 Å². The number of halogens is 1. The Morgan fingerprint density at radius 3 is 2.71 bits per heavy atom. The molecule has 2 heterocycles. The first-order valence-electron chi connectivity index (χ1n) is 8.44. The number of fused-ring (bicyclic) bond motifs is 1. The zero-order chi connectivity index (χ0) is 15.6. The van der Waals surface area contributed by atoms with Crippen LogP contribution in [-0.2, 0) is 17.6 Å². The second kappa shape index (κ2) is 7.36. The SMILES string of the molecule is Cl.O=C(CNC1CC1)N1CCc2[nH]nc(-c3ccccc3)c2CC1. The summed E-state index contributed by atoms with van der Waals surface area (Å²) in [7, 11) is 0. The van der Waals surface area contributed by atoms with Gasteiger partial charge in [-0.25, -0.2) is 0 Å². The summed E-state index contributed by atoms with van der Waals surface area (Å²) in [4.78, 5) is 14.3. The lowest BCUT2D eigenvalue weighted by molar-refractivity contribution is -0.130. The highest BCUT2D eigenvalue weighted by atomic mass is 35.5. The summed E-state index contributed by atoms with van der Waals surface area (Å²) in [6, 6.07) is 10.8. The van der Waals surface area contributed by atoms with Gasteiger partial charge in [0, 0.05) is 42.4 Å². The van der Waals surface area contributed by atoms with Gasteiger partial charge in [0.25, 0.3) is 0 Å². The Bertz CT molecular complexity index is 696. The maximum atomic E-state index is 12.3. The van der Waals surface area contributed by atoms with Gasteiger partial charge in [-0.3, -0.25) is 9.89 Å². The zero-order valence-electron chi connectivity index (χ0n) is 13.6. The first-order valence-corrected chi connectivity index (χ1v) is 8.44. The molecule has 1 aromatic heterocycles. The highest BCUT2D eigenvalue weighted by Gasteiger charge is 2.25. The van der Waals surface area contributed by atoms with Crippen molar-refractivity contribution in [2.75, 3.05) is 19.6 Å². The Balaban J connectivity index is 0.00000169. The molecule has 0 atom stereocenters. The van der Waals surface area contributed by atoms with Crippen LogP contribution < -0.4 is 5.32 Å². The lowest BCUT2D eigenvalue weighted by atomic mass is 10.0. The quantitative estimate of drug-likeness (QED) is 0.892. The molecule has 5 nitrogen and oxygen atoms in total. The maximum absolute atomic E-state index is 12.3. The highest BCUT2D eigenvalue weighted by molar-refractivity contribution is 5.85. The molecule has 1 fully saturated rings. The van der Waals surface area contributed by atoms with Crippen LogP contribution in [0.4, 0.5) is 0 Å². The predicted octanol–water partition coefficient (Wildman–Crippen LogP) is 2.18. The van der Waals surface area contributed by atoms with Crippen molar-refractivity contribution < 1.29 is 4.79 Å². The van der Waals surface area contributed by atoms with Gasteiger partial charge in [0.15, 0.2) is 0 Å². The normalized spacial score (nSPS) is 16.9. The fraction of sp³-hybridized carbons (Fsp3) is 0.444. The number of hydrogen-bond donors (Lipinski definition) is 2. The van der Waals surface area contributed by atoms with E-state index in [0.717, 1.165) is 37.2 Å². The first kappa shape index (κ1) is 17.0. The summed E-state index contributed by atoms with van der Waals surface area (Å²) >= 11 is 0. The van der Waals surface area contributed by atoms with Gasteiger partial charge >= 0.3 is 0 Å². The molecule has 1 saturated carbocycles. The van der Waals surface area contributed by atoms with Crippen LogP contribution in [0.25, 0.3) is 11.3 Å². The summed E-state index contributed by atoms with van der Waals surface area (Å²) in [5.41, 5.74) is 4.61. The van der Waals surface area contributed by atoms with Crippen molar-refractivity contribution in [3.8, 4) is 11.3 Å². The van der Waals surface area contributed by atoms with Crippen molar-refractivity contribution in [3.63, 3.8) is 0 Å². The molecule has 1 aromatic carbocycles. The van der Waals surface area contributed by atoms with E-state index in [9.17, 15) is 4.79 Å². The van der Waals surface area contributed by atoms with Gasteiger partial charge in [-0.15, -0.1) is 12.4 Å². The Labute approximate surface area is 148 Å². The number of amides is 1. The largest absolute Gasteiger partial charge is 0.341 e. The van der Waals surface area contributed by atoms with Crippen molar-refractivity contribution in [1.82, 2.24) is 20.4 Å². The van der Waals surface area contributed by atoms with Gasteiger partial charge in [-0.2, -0.15) is 5.10 Å². The molecule has 0 unspecified atom stereocenters. The third kappa shape index (κ3) is 3.62. The number of benzene rings is 1. The number of H-pyrrole nitrogens is 1. The minimum absolute atomic E-state index is 0. The van der Waals surface area contributed by atoms with Crippen LogP contribution >= 0.6 is 12.4 Å². The molecule has 128 valence electrons. The molecule has 0 saturated heterocycles. The third-order valence-corrected chi connectivity index (χ3v) is 4.74. The predicted molar refractivity (Wildman–Crippen MR) is 96.3 cm³/mol. The van der Waals surface area contributed by atoms with Crippen LogP contribution in [0.1, 0.15) is 24.1 Å². The smallest absolute Gasteiger partial charge is 0.236 e. The summed E-state index contributed by atoms with van der Waals surface area (Å²) in [5.74, 6) is 0.219. The van der Waals surface area contributed by atoms with Gasteiger partial charge in [0.2, 0.25) is 5.91 Å². The van der Waals surface area contributed by atoms with Crippen molar-refractivity contribution in [2.24, 2.45) is 0 Å². The molecule has 2 aromatic rings. The van der Waals surface area contributed by atoms with Crippen molar-refractivity contribution in [3.05, 3.63) is 41.6 Å². The standard InChI is InChI=1S/C18H22N4O.ClH/c23-17(12-19-14-6-7-14)22-10-8-15-16(9-11-22)20-21-18(15)13-4-2-1-3-5-13;/h1-5,14,19H,6-12H2,(H,20,21);1H. The van der Waals surface area contributed by atoms with Crippen LogP contribution in [0.5, 0.6) is 0 Å². The number of carbonyl (C=O) groups excluding carboxylic acids is 1. The van der Waals surface area contributed by atoms with Gasteiger partial charge in [-0.05, 0) is 19.3 Å². The molecule has 4 rings (SSSR count). The van der Waals surface area contributed by atoms with E-state index in [4.69, 9.17) is 0 Å². The summed E-state index contributed by atoms with van der Waals surface area (Å²) in [5, 5.41) is 11.0. The molecule has 2 N–H and O–H groups in total. The minimum atomic E-state index is 0. The van der Waals surface area contributed by atoms with Crippen molar-refractivity contribution in [1.29, 1.82) is 0 Å². The first-order chi connectivity index (χ1) is 11.3.